The van der Waals surface area contributed by atoms with Crippen LogP contribution in [0.2, 0.25) is 0 Å². The van der Waals surface area contributed by atoms with Gasteiger partial charge in [0, 0.05) is 5.56 Å². The molecule has 0 bridgehead atoms. The first-order valence-corrected chi connectivity index (χ1v) is 7.32. The number of carbonyl (C=O) groups is 2. The van der Waals surface area contributed by atoms with E-state index in [0.29, 0.717) is 17.0 Å². The molecule has 2 aromatic carbocycles. The van der Waals surface area contributed by atoms with Crippen molar-refractivity contribution in [1.29, 1.82) is 0 Å². The number of hydrogen-bond donors (Lipinski definition) is 2. The molecule has 0 aliphatic rings. The summed E-state index contributed by atoms with van der Waals surface area (Å²) in [7, 11) is 1.54. The van der Waals surface area contributed by atoms with Crippen LogP contribution >= 0.6 is 0 Å². The standard InChI is InChI=1S/C18H20N2O3/c1-12-9-10-16(23-3)15(11-12)20-17(21)13(2)19-18(22)14-7-5-4-6-8-14/h4-11,13H,1-3H3,(H,19,22)(H,20,21). The SMILES string of the molecule is COc1ccc(C)cc1NC(=O)C(C)NC(=O)c1ccccc1. The van der Waals surface area contributed by atoms with Gasteiger partial charge in [-0.25, -0.2) is 0 Å². The fourth-order valence-electron chi connectivity index (χ4n) is 2.10. The number of aryl methyl sites for hydroxylation is 1. The van der Waals surface area contributed by atoms with E-state index in [1.165, 1.54) is 0 Å². The number of nitrogens with one attached hydrogen (secondary N) is 2. The van der Waals surface area contributed by atoms with E-state index >= 15 is 0 Å². The molecule has 0 heterocycles. The number of benzene rings is 2. The van der Waals surface area contributed by atoms with Gasteiger partial charge in [0.05, 0.1) is 12.8 Å². The number of methoxy groups -OCH3 is 1. The van der Waals surface area contributed by atoms with Crippen molar-refractivity contribution >= 4 is 17.5 Å². The Hall–Kier alpha value is -2.82. The van der Waals surface area contributed by atoms with E-state index in [1.54, 1.807) is 44.4 Å². The molecule has 0 aliphatic heterocycles. The maximum atomic E-state index is 12.3. The topological polar surface area (TPSA) is 67.4 Å². The van der Waals surface area contributed by atoms with Crippen molar-refractivity contribution in [3.05, 3.63) is 59.7 Å². The summed E-state index contributed by atoms with van der Waals surface area (Å²) in [6, 6.07) is 13.6. The van der Waals surface area contributed by atoms with Crippen molar-refractivity contribution in [3.8, 4) is 5.75 Å². The summed E-state index contributed by atoms with van der Waals surface area (Å²) in [6.45, 7) is 3.56. The van der Waals surface area contributed by atoms with E-state index in [4.69, 9.17) is 4.74 Å². The van der Waals surface area contributed by atoms with Crippen molar-refractivity contribution in [1.82, 2.24) is 5.32 Å². The van der Waals surface area contributed by atoms with Gasteiger partial charge >= 0.3 is 0 Å². The molecule has 1 unspecified atom stereocenters. The Morgan fingerprint density at radius 3 is 2.43 bits per heavy atom. The first kappa shape index (κ1) is 16.5. The highest BCUT2D eigenvalue weighted by atomic mass is 16.5. The van der Waals surface area contributed by atoms with Crippen molar-refractivity contribution in [2.75, 3.05) is 12.4 Å². The fraction of sp³-hybridized carbons (Fsp3) is 0.222. The van der Waals surface area contributed by atoms with Gasteiger partial charge in [-0.15, -0.1) is 0 Å². The third-order valence-corrected chi connectivity index (χ3v) is 3.39. The molecule has 0 fully saturated rings. The lowest BCUT2D eigenvalue weighted by Crippen LogP contribution is -2.41. The Morgan fingerprint density at radius 2 is 1.78 bits per heavy atom. The van der Waals surface area contributed by atoms with Gasteiger partial charge in [-0.1, -0.05) is 24.3 Å². The van der Waals surface area contributed by atoms with Gasteiger partial charge in [0.1, 0.15) is 11.8 Å². The highest BCUT2D eigenvalue weighted by Gasteiger charge is 2.18. The zero-order valence-electron chi connectivity index (χ0n) is 13.4. The quantitative estimate of drug-likeness (QED) is 0.892. The van der Waals surface area contributed by atoms with Gasteiger partial charge in [-0.2, -0.15) is 0 Å². The molecular formula is C18H20N2O3. The number of amides is 2. The van der Waals surface area contributed by atoms with Crippen LogP contribution in [0.4, 0.5) is 5.69 Å². The van der Waals surface area contributed by atoms with E-state index in [2.05, 4.69) is 10.6 Å². The molecule has 2 N–H and O–H groups in total. The molecule has 0 spiro atoms. The molecule has 5 nitrogen and oxygen atoms in total. The third-order valence-electron chi connectivity index (χ3n) is 3.39. The minimum Gasteiger partial charge on any atom is -0.495 e. The Bertz CT molecular complexity index is 699. The van der Waals surface area contributed by atoms with E-state index in [-0.39, 0.29) is 11.8 Å². The normalized spacial score (nSPS) is 11.4. The highest BCUT2D eigenvalue weighted by molar-refractivity contribution is 6.01. The summed E-state index contributed by atoms with van der Waals surface area (Å²) >= 11 is 0. The number of ether oxygens (including phenoxy) is 1. The van der Waals surface area contributed by atoms with Crippen LogP contribution in [0.15, 0.2) is 48.5 Å². The monoisotopic (exact) mass is 312 g/mol. The average Bonchev–Trinajstić information content (AvgIpc) is 2.55. The van der Waals surface area contributed by atoms with E-state index in [0.717, 1.165) is 5.56 Å². The summed E-state index contributed by atoms with van der Waals surface area (Å²) in [5, 5.41) is 5.46. The van der Waals surface area contributed by atoms with Crippen LogP contribution in [0, 0.1) is 6.92 Å². The summed E-state index contributed by atoms with van der Waals surface area (Å²) < 4.78 is 5.23. The lowest BCUT2D eigenvalue weighted by molar-refractivity contribution is -0.117. The predicted octanol–water partition coefficient (Wildman–Crippen LogP) is 2.76. The smallest absolute Gasteiger partial charge is 0.251 e. The van der Waals surface area contributed by atoms with Crippen LogP contribution in [-0.4, -0.2) is 25.0 Å². The summed E-state index contributed by atoms with van der Waals surface area (Å²) in [5.41, 5.74) is 2.10. The van der Waals surface area contributed by atoms with Crippen molar-refractivity contribution in [2.24, 2.45) is 0 Å². The fourth-order valence-corrected chi connectivity index (χ4v) is 2.10. The van der Waals surface area contributed by atoms with E-state index in [1.807, 2.05) is 25.1 Å². The maximum absolute atomic E-state index is 12.3. The Kier molecular flexibility index (Phi) is 5.36. The zero-order chi connectivity index (χ0) is 16.8. The summed E-state index contributed by atoms with van der Waals surface area (Å²) in [4.78, 5) is 24.4. The number of anilines is 1. The second-order valence-electron chi connectivity index (χ2n) is 5.25. The molecular weight excluding hydrogens is 292 g/mol. The molecule has 23 heavy (non-hydrogen) atoms. The largest absolute Gasteiger partial charge is 0.495 e. The van der Waals surface area contributed by atoms with Crippen LogP contribution in [0.25, 0.3) is 0 Å². The third kappa shape index (κ3) is 4.32. The van der Waals surface area contributed by atoms with Crippen LogP contribution in [0.1, 0.15) is 22.8 Å². The van der Waals surface area contributed by atoms with E-state index < -0.39 is 6.04 Å². The Balaban J connectivity index is 2.03. The molecule has 1 atom stereocenters. The second-order valence-corrected chi connectivity index (χ2v) is 5.25. The Morgan fingerprint density at radius 1 is 1.09 bits per heavy atom. The molecule has 0 saturated heterocycles. The molecule has 2 rings (SSSR count). The summed E-state index contributed by atoms with van der Waals surface area (Å²) in [5.74, 6) is -0.0202. The van der Waals surface area contributed by atoms with Gasteiger partial charge in [0.25, 0.3) is 5.91 Å². The maximum Gasteiger partial charge on any atom is 0.251 e. The van der Waals surface area contributed by atoms with Crippen molar-refractivity contribution in [3.63, 3.8) is 0 Å². The van der Waals surface area contributed by atoms with Crippen molar-refractivity contribution < 1.29 is 14.3 Å². The number of rotatable bonds is 5. The first-order valence-electron chi connectivity index (χ1n) is 7.32. The molecule has 0 saturated carbocycles. The lowest BCUT2D eigenvalue weighted by Gasteiger charge is -2.16. The molecule has 0 aliphatic carbocycles. The van der Waals surface area contributed by atoms with Crippen LogP contribution in [0.3, 0.4) is 0 Å². The van der Waals surface area contributed by atoms with Gasteiger partial charge in [0.2, 0.25) is 5.91 Å². The minimum absolute atomic E-state index is 0.288. The van der Waals surface area contributed by atoms with E-state index in [9.17, 15) is 9.59 Å². The van der Waals surface area contributed by atoms with Gasteiger partial charge in [0.15, 0.2) is 0 Å². The first-order chi connectivity index (χ1) is 11.0. The molecule has 0 radical (unpaired) electrons. The number of hydrogen-bond acceptors (Lipinski definition) is 3. The minimum atomic E-state index is -0.673. The predicted molar refractivity (Wildman–Crippen MR) is 89.7 cm³/mol. The zero-order valence-corrected chi connectivity index (χ0v) is 13.4. The lowest BCUT2D eigenvalue weighted by atomic mass is 10.2. The van der Waals surface area contributed by atoms with Crippen molar-refractivity contribution in [2.45, 2.75) is 19.9 Å². The molecule has 0 aromatic heterocycles. The Labute approximate surface area is 135 Å². The van der Waals surface area contributed by atoms with Gasteiger partial charge in [-0.3, -0.25) is 9.59 Å². The second kappa shape index (κ2) is 7.45. The molecule has 120 valence electrons. The van der Waals surface area contributed by atoms with Crippen LogP contribution in [-0.2, 0) is 4.79 Å². The van der Waals surface area contributed by atoms with Gasteiger partial charge in [-0.05, 0) is 43.7 Å². The molecule has 2 amide bonds. The van der Waals surface area contributed by atoms with Crippen LogP contribution < -0.4 is 15.4 Å². The van der Waals surface area contributed by atoms with Gasteiger partial charge < -0.3 is 15.4 Å². The summed E-state index contributed by atoms with van der Waals surface area (Å²) in [6.07, 6.45) is 0. The van der Waals surface area contributed by atoms with Crippen LogP contribution in [0.5, 0.6) is 5.75 Å². The highest BCUT2D eigenvalue weighted by Crippen LogP contribution is 2.25. The average molecular weight is 312 g/mol. The molecule has 5 heteroatoms. The number of carbonyl (C=O) groups excluding carboxylic acids is 2. The molecule has 2 aromatic rings.